The standard InChI is InChI=1S/C21H23N9/c1-29(20-14(8-9-22)5-2-11-24-20)17-13-25-18-19(26-17)27-28-21(18)30-12-4-6-15-16(30)7-3-10-23-15/h2-3,5,7,10-11,13H,4,6,8-9,12,22H2,1H3,(H,26,27,28). The summed E-state index contributed by atoms with van der Waals surface area (Å²) in [5.74, 6) is 2.30. The first-order valence-corrected chi connectivity index (χ1v) is 10.1. The third kappa shape index (κ3) is 3.13. The van der Waals surface area contributed by atoms with Crippen LogP contribution in [0.2, 0.25) is 0 Å². The molecule has 0 spiro atoms. The Balaban J connectivity index is 1.51. The first-order chi connectivity index (χ1) is 14.8. The summed E-state index contributed by atoms with van der Waals surface area (Å²) in [7, 11) is 1.93. The number of rotatable bonds is 5. The summed E-state index contributed by atoms with van der Waals surface area (Å²) in [6.45, 7) is 1.44. The first kappa shape index (κ1) is 18.4. The molecule has 0 unspecified atom stereocenters. The lowest BCUT2D eigenvalue weighted by molar-refractivity contribution is 0.738. The first-order valence-electron chi connectivity index (χ1n) is 10.1. The molecule has 0 aromatic carbocycles. The molecular weight excluding hydrogens is 378 g/mol. The predicted octanol–water partition coefficient (Wildman–Crippen LogP) is 2.50. The number of anilines is 4. The van der Waals surface area contributed by atoms with Crippen LogP contribution in [0.15, 0.2) is 42.9 Å². The van der Waals surface area contributed by atoms with E-state index < -0.39 is 0 Å². The average molecular weight is 401 g/mol. The molecule has 9 nitrogen and oxygen atoms in total. The number of hydrogen-bond acceptors (Lipinski definition) is 8. The van der Waals surface area contributed by atoms with Gasteiger partial charge in [-0.25, -0.2) is 15.0 Å². The van der Waals surface area contributed by atoms with E-state index in [9.17, 15) is 0 Å². The van der Waals surface area contributed by atoms with Crippen molar-refractivity contribution >= 4 is 34.3 Å². The Morgan fingerprint density at radius 2 is 2.03 bits per heavy atom. The molecule has 1 aliphatic rings. The van der Waals surface area contributed by atoms with Gasteiger partial charge in [0.05, 0.1) is 17.6 Å². The summed E-state index contributed by atoms with van der Waals surface area (Å²) in [5, 5.41) is 7.59. The number of aryl methyl sites for hydroxylation is 1. The topological polar surface area (TPSA) is 113 Å². The maximum Gasteiger partial charge on any atom is 0.183 e. The second kappa shape index (κ2) is 7.68. The largest absolute Gasteiger partial charge is 0.330 e. The van der Waals surface area contributed by atoms with Gasteiger partial charge in [-0.1, -0.05) is 6.07 Å². The Kier molecular flexibility index (Phi) is 4.72. The molecule has 0 bridgehead atoms. The molecular formula is C21H23N9. The Bertz CT molecular complexity index is 1190. The van der Waals surface area contributed by atoms with E-state index in [-0.39, 0.29) is 0 Å². The maximum absolute atomic E-state index is 5.75. The number of aromatic amines is 1. The predicted molar refractivity (Wildman–Crippen MR) is 116 cm³/mol. The van der Waals surface area contributed by atoms with E-state index in [1.54, 1.807) is 12.4 Å². The van der Waals surface area contributed by atoms with Gasteiger partial charge in [0, 0.05) is 26.0 Å². The SMILES string of the molecule is CN(c1cnc2c(N3CCCc4ncccc43)n[nH]c2n1)c1ncccc1CCN. The van der Waals surface area contributed by atoms with Crippen LogP contribution in [0.4, 0.5) is 23.1 Å². The zero-order chi connectivity index (χ0) is 20.5. The molecule has 3 N–H and O–H groups in total. The summed E-state index contributed by atoms with van der Waals surface area (Å²) in [6, 6.07) is 7.99. The van der Waals surface area contributed by atoms with Crippen LogP contribution in [0.5, 0.6) is 0 Å². The Labute approximate surface area is 174 Å². The van der Waals surface area contributed by atoms with Crippen molar-refractivity contribution in [3.8, 4) is 0 Å². The Morgan fingerprint density at radius 1 is 1.17 bits per heavy atom. The number of nitrogens with two attached hydrogens (primary N) is 1. The van der Waals surface area contributed by atoms with Gasteiger partial charge in [-0.05, 0) is 49.6 Å². The summed E-state index contributed by atoms with van der Waals surface area (Å²) in [5.41, 5.74) is 10.4. The second-order valence-corrected chi connectivity index (χ2v) is 7.28. The van der Waals surface area contributed by atoms with Crippen LogP contribution in [0, 0.1) is 0 Å². The number of aromatic nitrogens is 6. The number of fused-ring (bicyclic) bond motifs is 2. The monoisotopic (exact) mass is 401 g/mol. The molecule has 5 rings (SSSR count). The van der Waals surface area contributed by atoms with Gasteiger partial charge in [-0.3, -0.25) is 10.1 Å². The average Bonchev–Trinajstić information content (AvgIpc) is 3.22. The molecule has 0 saturated carbocycles. The lowest BCUT2D eigenvalue weighted by Crippen LogP contribution is -2.25. The van der Waals surface area contributed by atoms with Gasteiger partial charge in [0.15, 0.2) is 22.8 Å². The van der Waals surface area contributed by atoms with Gasteiger partial charge in [0.2, 0.25) is 0 Å². The van der Waals surface area contributed by atoms with Crippen LogP contribution in [-0.4, -0.2) is 50.3 Å². The molecule has 0 radical (unpaired) electrons. The van der Waals surface area contributed by atoms with E-state index in [1.807, 2.05) is 36.3 Å². The van der Waals surface area contributed by atoms with Crippen molar-refractivity contribution in [3.63, 3.8) is 0 Å². The molecule has 4 aromatic rings. The summed E-state index contributed by atoms with van der Waals surface area (Å²) in [6.07, 6.45) is 8.12. The summed E-state index contributed by atoms with van der Waals surface area (Å²) in [4.78, 5) is 22.6. The van der Waals surface area contributed by atoms with Crippen molar-refractivity contribution < 1.29 is 0 Å². The van der Waals surface area contributed by atoms with Crippen molar-refractivity contribution in [2.24, 2.45) is 5.73 Å². The number of pyridine rings is 2. The summed E-state index contributed by atoms with van der Waals surface area (Å²) >= 11 is 0. The quantitative estimate of drug-likeness (QED) is 0.524. The van der Waals surface area contributed by atoms with Gasteiger partial charge in [-0.2, -0.15) is 5.10 Å². The highest BCUT2D eigenvalue weighted by molar-refractivity contribution is 5.87. The lowest BCUT2D eigenvalue weighted by atomic mass is 10.1. The molecule has 1 aliphatic heterocycles. The van der Waals surface area contributed by atoms with E-state index in [4.69, 9.17) is 15.7 Å². The van der Waals surface area contributed by atoms with Crippen LogP contribution in [0.25, 0.3) is 11.2 Å². The van der Waals surface area contributed by atoms with E-state index in [1.165, 1.54) is 0 Å². The minimum atomic E-state index is 0.563. The molecule has 0 saturated heterocycles. The van der Waals surface area contributed by atoms with Crippen LogP contribution < -0.4 is 15.5 Å². The van der Waals surface area contributed by atoms with Crippen molar-refractivity contribution in [2.75, 3.05) is 29.9 Å². The molecule has 30 heavy (non-hydrogen) atoms. The zero-order valence-corrected chi connectivity index (χ0v) is 16.8. The van der Waals surface area contributed by atoms with E-state index >= 15 is 0 Å². The highest BCUT2D eigenvalue weighted by Crippen LogP contribution is 2.34. The fourth-order valence-corrected chi connectivity index (χ4v) is 3.93. The normalized spacial score (nSPS) is 13.5. The van der Waals surface area contributed by atoms with Gasteiger partial charge >= 0.3 is 0 Å². The van der Waals surface area contributed by atoms with E-state index in [0.29, 0.717) is 18.0 Å². The third-order valence-electron chi connectivity index (χ3n) is 5.39. The smallest absolute Gasteiger partial charge is 0.183 e. The molecule has 0 fully saturated rings. The highest BCUT2D eigenvalue weighted by Gasteiger charge is 2.24. The van der Waals surface area contributed by atoms with Crippen molar-refractivity contribution in [2.45, 2.75) is 19.3 Å². The van der Waals surface area contributed by atoms with Gasteiger partial charge in [0.25, 0.3) is 0 Å². The minimum Gasteiger partial charge on any atom is -0.330 e. The number of H-pyrrole nitrogens is 1. The van der Waals surface area contributed by atoms with Crippen molar-refractivity contribution in [3.05, 3.63) is 54.1 Å². The van der Waals surface area contributed by atoms with Crippen LogP contribution in [0.3, 0.4) is 0 Å². The molecule has 0 amide bonds. The number of nitrogens with zero attached hydrogens (tertiary/aromatic N) is 7. The van der Waals surface area contributed by atoms with Crippen molar-refractivity contribution in [1.82, 2.24) is 30.1 Å². The third-order valence-corrected chi connectivity index (χ3v) is 5.39. The van der Waals surface area contributed by atoms with E-state index in [0.717, 1.165) is 59.9 Å². The van der Waals surface area contributed by atoms with Crippen LogP contribution in [-0.2, 0) is 12.8 Å². The number of nitrogens with one attached hydrogen (secondary N) is 1. The molecule has 152 valence electrons. The fraction of sp³-hybridized carbons (Fsp3) is 0.286. The fourth-order valence-electron chi connectivity index (χ4n) is 3.93. The molecule has 5 heterocycles. The summed E-state index contributed by atoms with van der Waals surface area (Å²) < 4.78 is 0. The van der Waals surface area contributed by atoms with Crippen LogP contribution in [0.1, 0.15) is 17.7 Å². The van der Waals surface area contributed by atoms with Crippen LogP contribution >= 0.6 is 0 Å². The van der Waals surface area contributed by atoms with Crippen molar-refractivity contribution in [1.29, 1.82) is 0 Å². The molecule has 0 atom stereocenters. The number of hydrogen-bond donors (Lipinski definition) is 2. The van der Waals surface area contributed by atoms with Gasteiger partial charge in [-0.15, -0.1) is 0 Å². The minimum absolute atomic E-state index is 0.563. The Morgan fingerprint density at radius 3 is 2.93 bits per heavy atom. The maximum atomic E-state index is 5.75. The molecule has 9 heteroatoms. The van der Waals surface area contributed by atoms with E-state index in [2.05, 4.69) is 31.1 Å². The molecule has 4 aromatic heterocycles. The van der Waals surface area contributed by atoms with Gasteiger partial charge < -0.3 is 15.5 Å². The Hall–Kier alpha value is -3.59. The lowest BCUT2D eigenvalue weighted by Gasteiger charge is -2.28. The second-order valence-electron chi connectivity index (χ2n) is 7.28. The highest BCUT2D eigenvalue weighted by atomic mass is 15.3. The zero-order valence-electron chi connectivity index (χ0n) is 16.8. The van der Waals surface area contributed by atoms with Gasteiger partial charge in [0.1, 0.15) is 5.82 Å². The molecule has 0 aliphatic carbocycles.